The SMILES string of the molecule is CCCc1ccc(C(=O)c2ccc(OC)cc2O)cc1. The van der Waals surface area contributed by atoms with E-state index < -0.39 is 0 Å². The van der Waals surface area contributed by atoms with Gasteiger partial charge in [0.05, 0.1) is 12.7 Å². The predicted molar refractivity (Wildman–Crippen MR) is 78.5 cm³/mol. The van der Waals surface area contributed by atoms with Crippen molar-refractivity contribution >= 4 is 5.78 Å². The van der Waals surface area contributed by atoms with Crippen LogP contribution in [-0.4, -0.2) is 18.0 Å². The number of carbonyl (C=O) groups excluding carboxylic acids is 1. The fraction of sp³-hybridized carbons (Fsp3) is 0.235. The maximum atomic E-state index is 12.3. The van der Waals surface area contributed by atoms with E-state index in [1.807, 2.05) is 12.1 Å². The van der Waals surface area contributed by atoms with Crippen LogP contribution in [0.1, 0.15) is 34.8 Å². The van der Waals surface area contributed by atoms with E-state index in [1.54, 1.807) is 24.3 Å². The number of benzene rings is 2. The lowest BCUT2D eigenvalue weighted by molar-refractivity contribution is 0.103. The Hall–Kier alpha value is -2.29. The molecule has 2 aromatic carbocycles. The van der Waals surface area contributed by atoms with Gasteiger partial charge >= 0.3 is 0 Å². The number of carbonyl (C=O) groups is 1. The van der Waals surface area contributed by atoms with Crippen LogP contribution < -0.4 is 4.74 Å². The van der Waals surface area contributed by atoms with Crippen molar-refractivity contribution in [3.05, 3.63) is 59.2 Å². The van der Waals surface area contributed by atoms with Gasteiger partial charge in [-0.3, -0.25) is 4.79 Å². The van der Waals surface area contributed by atoms with Crippen molar-refractivity contribution in [3.63, 3.8) is 0 Å². The molecule has 0 amide bonds. The minimum atomic E-state index is -0.187. The fourth-order valence-electron chi connectivity index (χ4n) is 2.10. The van der Waals surface area contributed by atoms with Crippen LogP contribution in [0.15, 0.2) is 42.5 Å². The Morgan fingerprint density at radius 2 is 1.85 bits per heavy atom. The average molecular weight is 270 g/mol. The van der Waals surface area contributed by atoms with E-state index in [1.165, 1.54) is 18.7 Å². The Bertz CT molecular complexity index is 600. The van der Waals surface area contributed by atoms with Gasteiger partial charge < -0.3 is 9.84 Å². The lowest BCUT2D eigenvalue weighted by Crippen LogP contribution is -2.02. The average Bonchev–Trinajstić information content (AvgIpc) is 2.47. The van der Waals surface area contributed by atoms with Crippen molar-refractivity contribution in [2.75, 3.05) is 7.11 Å². The Balaban J connectivity index is 2.26. The van der Waals surface area contributed by atoms with Crippen LogP contribution in [0.3, 0.4) is 0 Å². The van der Waals surface area contributed by atoms with Gasteiger partial charge in [-0.1, -0.05) is 37.6 Å². The molecule has 2 rings (SSSR count). The number of hydrogen-bond acceptors (Lipinski definition) is 3. The molecule has 0 fully saturated rings. The van der Waals surface area contributed by atoms with Crippen molar-refractivity contribution in [3.8, 4) is 11.5 Å². The Kier molecular flexibility index (Phi) is 4.41. The molecule has 104 valence electrons. The maximum Gasteiger partial charge on any atom is 0.196 e. The summed E-state index contributed by atoms with van der Waals surface area (Å²) in [5.41, 5.74) is 2.07. The van der Waals surface area contributed by atoms with Gasteiger partial charge in [0.15, 0.2) is 5.78 Å². The number of hydrogen-bond donors (Lipinski definition) is 1. The number of aromatic hydroxyl groups is 1. The van der Waals surface area contributed by atoms with Crippen molar-refractivity contribution in [2.24, 2.45) is 0 Å². The van der Waals surface area contributed by atoms with E-state index in [-0.39, 0.29) is 17.1 Å². The van der Waals surface area contributed by atoms with E-state index in [9.17, 15) is 9.90 Å². The third kappa shape index (κ3) is 2.99. The van der Waals surface area contributed by atoms with Crippen LogP contribution in [0.2, 0.25) is 0 Å². The summed E-state index contributed by atoms with van der Waals surface area (Å²) in [6.07, 6.45) is 2.08. The van der Waals surface area contributed by atoms with Crippen molar-refractivity contribution in [1.29, 1.82) is 0 Å². The zero-order chi connectivity index (χ0) is 14.5. The molecule has 0 aliphatic carbocycles. The molecule has 0 unspecified atom stereocenters. The molecule has 0 heterocycles. The highest BCUT2D eigenvalue weighted by atomic mass is 16.5. The van der Waals surface area contributed by atoms with E-state index in [4.69, 9.17) is 4.74 Å². The number of rotatable bonds is 5. The summed E-state index contributed by atoms with van der Waals surface area (Å²) in [4.78, 5) is 12.3. The summed E-state index contributed by atoms with van der Waals surface area (Å²) in [6.45, 7) is 2.12. The summed E-state index contributed by atoms with van der Waals surface area (Å²) in [7, 11) is 1.52. The first kappa shape index (κ1) is 14.1. The third-order valence-electron chi connectivity index (χ3n) is 3.20. The minimum Gasteiger partial charge on any atom is -0.507 e. The smallest absolute Gasteiger partial charge is 0.196 e. The van der Waals surface area contributed by atoms with Gasteiger partial charge in [-0.25, -0.2) is 0 Å². The van der Waals surface area contributed by atoms with Crippen LogP contribution >= 0.6 is 0 Å². The number of aryl methyl sites for hydroxylation is 1. The second-order valence-corrected chi connectivity index (χ2v) is 4.66. The first-order valence-electron chi connectivity index (χ1n) is 6.66. The lowest BCUT2D eigenvalue weighted by Gasteiger charge is -2.07. The molecule has 3 nitrogen and oxygen atoms in total. The van der Waals surface area contributed by atoms with Crippen LogP contribution in [-0.2, 0) is 6.42 Å². The molecule has 3 heteroatoms. The number of methoxy groups -OCH3 is 1. The molecule has 0 saturated carbocycles. The largest absolute Gasteiger partial charge is 0.507 e. The quantitative estimate of drug-likeness (QED) is 0.845. The molecule has 0 saturated heterocycles. The summed E-state index contributed by atoms with van der Waals surface area (Å²) in [5, 5.41) is 9.89. The van der Waals surface area contributed by atoms with Crippen LogP contribution in [0.5, 0.6) is 11.5 Å². The van der Waals surface area contributed by atoms with Gasteiger partial charge in [0.2, 0.25) is 0 Å². The number of ketones is 1. The molecule has 0 spiro atoms. The Labute approximate surface area is 118 Å². The summed E-state index contributed by atoms with van der Waals surface area (Å²) in [6, 6.07) is 12.2. The van der Waals surface area contributed by atoms with Gasteiger partial charge in [-0.2, -0.15) is 0 Å². The molecule has 0 aliphatic rings. The van der Waals surface area contributed by atoms with Crippen molar-refractivity contribution < 1.29 is 14.6 Å². The lowest BCUT2D eigenvalue weighted by atomic mass is 10.00. The number of ether oxygens (including phenoxy) is 1. The molecule has 0 bridgehead atoms. The third-order valence-corrected chi connectivity index (χ3v) is 3.20. The van der Waals surface area contributed by atoms with Gasteiger partial charge in [0.25, 0.3) is 0 Å². The Morgan fingerprint density at radius 1 is 1.15 bits per heavy atom. The molecule has 20 heavy (non-hydrogen) atoms. The van der Waals surface area contributed by atoms with Crippen molar-refractivity contribution in [1.82, 2.24) is 0 Å². The highest BCUT2D eigenvalue weighted by Crippen LogP contribution is 2.25. The number of phenolic OH excluding ortho intramolecular Hbond substituents is 1. The van der Waals surface area contributed by atoms with Gasteiger partial charge in [0.1, 0.15) is 11.5 Å². The van der Waals surface area contributed by atoms with Crippen LogP contribution in [0.25, 0.3) is 0 Å². The highest BCUT2D eigenvalue weighted by molar-refractivity contribution is 6.10. The topological polar surface area (TPSA) is 46.5 Å². The first-order chi connectivity index (χ1) is 9.65. The molecule has 0 atom stereocenters. The van der Waals surface area contributed by atoms with Gasteiger partial charge in [0, 0.05) is 11.6 Å². The highest BCUT2D eigenvalue weighted by Gasteiger charge is 2.14. The minimum absolute atomic E-state index is 0.0630. The molecule has 0 aliphatic heterocycles. The maximum absolute atomic E-state index is 12.3. The first-order valence-corrected chi connectivity index (χ1v) is 6.66. The number of phenols is 1. The van der Waals surface area contributed by atoms with Gasteiger partial charge in [-0.15, -0.1) is 0 Å². The summed E-state index contributed by atoms with van der Waals surface area (Å²) < 4.78 is 5.01. The zero-order valence-corrected chi connectivity index (χ0v) is 11.7. The second kappa shape index (κ2) is 6.24. The fourth-order valence-corrected chi connectivity index (χ4v) is 2.10. The van der Waals surface area contributed by atoms with E-state index in [0.29, 0.717) is 11.3 Å². The van der Waals surface area contributed by atoms with Crippen LogP contribution in [0, 0.1) is 0 Å². The summed E-state index contributed by atoms with van der Waals surface area (Å²) in [5.74, 6) is 0.275. The molecule has 1 N–H and O–H groups in total. The molecular formula is C17H18O3. The monoisotopic (exact) mass is 270 g/mol. The summed E-state index contributed by atoms with van der Waals surface area (Å²) >= 11 is 0. The standard InChI is InChI=1S/C17H18O3/c1-3-4-12-5-7-13(8-6-12)17(19)15-10-9-14(20-2)11-16(15)18/h5-11,18H,3-4H2,1-2H3. The zero-order valence-electron chi connectivity index (χ0n) is 11.7. The van der Waals surface area contributed by atoms with E-state index in [0.717, 1.165) is 12.8 Å². The van der Waals surface area contributed by atoms with Crippen LogP contribution in [0.4, 0.5) is 0 Å². The molecular weight excluding hydrogens is 252 g/mol. The second-order valence-electron chi connectivity index (χ2n) is 4.66. The van der Waals surface area contributed by atoms with Crippen molar-refractivity contribution in [2.45, 2.75) is 19.8 Å². The Morgan fingerprint density at radius 3 is 2.40 bits per heavy atom. The van der Waals surface area contributed by atoms with E-state index in [2.05, 4.69) is 6.92 Å². The molecule has 0 radical (unpaired) electrons. The normalized spacial score (nSPS) is 10.3. The molecule has 0 aromatic heterocycles. The van der Waals surface area contributed by atoms with E-state index >= 15 is 0 Å². The van der Waals surface area contributed by atoms with Gasteiger partial charge in [-0.05, 0) is 24.1 Å². The molecule has 2 aromatic rings. The predicted octanol–water partition coefficient (Wildman–Crippen LogP) is 3.58.